The second-order valence-electron chi connectivity index (χ2n) is 8.19. The van der Waals surface area contributed by atoms with Gasteiger partial charge >= 0.3 is 0 Å². The molecule has 0 saturated heterocycles. The van der Waals surface area contributed by atoms with Gasteiger partial charge in [0.2, 0.25) is 0 Å². The third kappa shape index (κ3) is 2.83. The van der Waals surface area contributed by atoms with E-state index in [-0.39, 0.29) is 0 Å². The van der Waals surface area contributed by atoms with Crippen molar-refractivity contribution in [1.29, 1.82) is 0 Å². The highest BCUT2D eigenvalue weighted by molar-refractivity contribution is 5.72. The minimum Gasteiger partial charge on any atom is -0.851 e. The van der Waals surface area contributed by atoms with Crippen LogP contribution in [0.4, 0.5) is 0 Å². The number of rotatable bonds is 4. The molecule has 1 aliphatic carbocycles. The monoisotopic (exact) mass is 396 g/mol. The lowest BCUT2D eigenvalue weighted by atomic mass is 9.61. The summed E-state index contributed by atoms with van der Waals surface area (Å²) in [5.41, 5.74) is 7.57. The van der Waals surface area contributed by atoms with Crippen molar-refractivity contribution in [3.8, 4) is 22.3 Å². The Labute approximate surface area is 176 Å². The molecule has 2 aromatic heterocycles. The largest absolute Gasteiger partial charge is 0.851 e. The van der Waals surface area contributed by atoms with Crippen LogP contribution in [0.25, 0.3) is 22.3 Å². The van der Waals surface area contributed by atoms with Crippen LogP contribution in [0.1, 0.15) is 34.4 Å². The summed E-state index contributed by atoms with van der Waals surface area (Å²) >= 11 is 0. The van der Waals surface area contributed by atoms with Gasteiger partial charge in [0.25, 0.3) is 0 Å². The van der Waals surface area contributed by atoms with E-state index in [4.69, 9.17) is 0 Å². The zero-order valence-electron chi connectivity index (χ0n) is 17.1. The summed E-state index contributed by atoms with van der Waals surface area (Å²) in [5, 5.41) is 27.0. The first-order valence-corrected chi connectivity index (χ1v) is 10.4. The molecule has 4 nitrogen and oxygen atoms in total. The standard InChI is InChI=1S/C26H24N2O2/c1-15-21(19(13-27-15)17-9-5-3-6-10-17)23-25(29)24(26(23)30)22-16(2)28-14-20(22)18-11-7-4-8-12-18/h3-14,23-28H,1-2H3/q-2. The topological polar surface area (TPSA) is 77.7 Å². The number of aromatic nitrogens is 2. The first-order valence-electron chi connectivity index (χ1n) is 10.4. The summed E-state index contributed by atoms with van der Waals surface area (Å²) in [6.45, 7) is 3.90. The third-order valence-electron chi connectivity index (χ3n) is 6.51. The van der Waals surface area contributed by atoms with Crippen molar-refractivity contribution in [3.05, 3.63) is 95.6 Å². The number of aromatic amines is 2. The zero-order valence-corrected chi connectivity index (χ0v) is 17.1. The molecule has 0 atom stereocenters. The molecule has 152 valence electrons. The van der Waals surface area contributed by atoms with Crippen molar-refractivity contribution in [2.45, 2.75) is 37.9 Å². The summed E-state index contributed by atoms with van der Waals surface area (Å²) in [6.07, 6.45) is 1.90. The molecule has 0 aliphatic heterocycles. The average Bonchev–Trinajstić information content (AvgIpc) is 3.33. The van der Waals surface area contributed by atoms with Crippen LogP contribution in [0.2, 0.25) is 0 Å². The van der Waals surface area contributed by atoms with Crippen molar-refractivity contribution in [2.75, 3.05) is 0 Å². The Hall–Kier alpha value is -3.08. The van der Waals surface area contributed by atoms with Gasteiger partial charge in [-0.05, 0) is 47.9 Å². The normalized spacial score (nSPS) is 23.3. The van der Waals surface area contributed by atoms with Gasteiger partial charge in [-0.25, -0.2) is 0 Å². The molecule has 2 heterocycles. The van der Waals surface area contributed by atoms with E-state index in [1.165, 1.54) is 0 Å². The second-order valence-corrected chi connectivity index (χ2v) is 8.19. The van der Waals surface area contributed by atoms with E-state index < -0.39 is 24.0 Å². The van der Waals surface area contributed by atoms with Gasteiger partial charge < -0.3 is 20.2 Å². The Morgan fingerprint density at radius 3 is 1.33 bits per heavy atom. The molecule has 0 amide bonds. The molecule has 1 saturated carbocycles. The van der Waals surface area contributed by atoms with Crippen molar-refractivity contribution in [2.24, 2.45) is 0 Å². The number of benzene rings is 2. The van der Waals surface area contributed by atoms with Gasteiger partial charge in [-0.15, -0.1) is 12.2 Å². The Bertz CT molecular complexity index is 1060. The Kier molecular flexibility index (Phi) is 4.61. The Morgan fingerprint density at radius 1 is 0.600 bits per heavy atom. The summed E-state index contributed by atoms with van der Waals surface area (Å²) in [6, 6.07) is 19.9. The van der Waals surface area contributed by atoms with Gasteiger partial charge in [0.05, 0.1) is 0 Å². The van der Waals surface area contributed by atoms with E-state index >= 15 is 0 Å². The predicted octanol–water partition coefficient (Wildman–Crippen LogP) is 3.63. The lowest BCUT2D eigenvalue weighted by Gasteiger charge is -2.62. The van der Waals surface area contributed by atoms with Crippen LogP contribution in [0.15, 0.2) is 73.1 Å². The lowest BCUT2D eigenvalue weighted by Crippen LogP contribution is -2.64. The summed E-state index contributed by atoms with van der Waals surface area (Å²) in [5.74, 6) is -1.09. The Morgan fingerprint density at radius 2 is 0.967 bits per heavy atom. The van der Waals surface area contributed by atoms with Crippen LogP contribution < -0.4 is 10.2 Å². The van der Waals surface area contributed by atoms with Gasteiger partial charge in [0, 0.05) is 34.9 Å². The molecule has 1 fully saturated rings. The smallest absolute Gasteiger partial charge is 0.0156 e. The fourth-order valence-corrected chi connectivity index (χ4v) is 4.98. The predicted molar refractivity (Wildman–Crippen MR) is 115 cm³/mol. The molecule has 0 radical (unpaired) electrons. The molecule has 1 aliphatic rings. The molecule has 0 spiro atoms. The molecule has 2 aromatic carbocycles. The molecule has 4 heteroatoms. The third-order valence-corrected chi connectivity index (χ3v) is 6.51. The maximum Gasteiger partial charge on any atom is 0.0156 e. The van der Waals surface area contributed by atoms with Gasteiger partial charge in [-0.1, -0.05) is 60.7 Å². The first-order chi connectivity index (χ1) is 14.6. The van der Waals surface area contributed by atoms with Gasteiger partial charge in [0.1, 0.15) is 0 Å². The zero-order chi connectivity index (χ0) is 20.8. The highest BCUT2D eigenvalue weighted by atomic mass is 16.3. The van der Waals surface area contributed by atoms with E-state index in [2.05, 4.69) is 9.97 Å². The van der Waals surface area contributed by atoms with Gasteiger partial charge in [-0.3, -0.25) is 0 Å². The molecule has 5 rings (SSSR count). The van der Waals surface area contributed by atoms with Crippen molar-refractivity contribution < 1.29 is 10.2 Å². The van der Waals surface area contributed by atoms with Crippen molar-refractivity contribution >= 4 is 0 Å². The second kappa shape index (κ2) is 7.31. The molecule has 2 N–H and O–H groups in total. The number of hydrogen-bond acceptors (Lipinski definition) is 2. The van der Waals surface area contributed by atoms with Crippen molar-refractivity contribution in [3.63, 3.8) is 0 Å². The van der Waals surface area contributed by atoms with E-state index in [0.717, 1.165) is 44.8 Å². The van der Waals surface area contributed by atoms with Crippen molar-refractivity contribution in [1.82, 2.24) is 9.97 Å². The maximum atomic E-state index is 13.5. The van der Waals surface area contributed by atoms with Crippen LogP contribution in [0.3, 0.4) is 0 Å². The van der Waals surface area contributed by atoms with Crippen LogP contribution in [-0.2, 0) is 0 Å². The summed E-state index contributed by atoms with van der Waals surface area (Å²) in [4.78, 5) is 6.48. The van der Waals surface area contributed by atoms with Gasteiger partial charge in [0.15, 0.2) is 0 Å². The highest BCUT2D eigenvalue weighted by Gasteiger charge is 2.42. The quantitative estimate of drug-likeness (QED) is 0.553. The summed E-state index contributed by atoms with van der Waals surface area (Å²) in [7, 11) is 0. The maximum absolute atomic E-state index is 13.5. The number of aryl methyl sites for hydroxylation is 2. The van der Waals surface area contributed by atoms with Gasteiger partial charge in [-0.2, -0.15) is 0 Å². The number of nitrogens with one attached hydrogen (secondary N) is 2. The highest BCUT2D eigenvalue weighted by Crippen LogP contribution is 2.51. The average molecular weight is 396 g/mol. The molecule has 0 unspecified atom stereocenters. The SMILES string of the molecule is Cc1[nH]cc(-c2ccccc2)c1C1C([O-])C(c2c(-c3ccccc3)c[nH]c2C)C1[O-]. The number of hydrogen-bond donors (Lipinski definition) is 2. The minimum absolute atomic E-state index is 0.547. The molecule has 0 bridgehead atoms. The minimum atomic E-state index is -0.971. The summed E-state index contributed by atoms with van der Waals surface area (Å²) < 4.78 is 0. The molecule has 4 aromatic rings. The Balaban J connectivity index is 1.53. The van der Waals surface area contributed by atoms with E-state index in [1.807, 2.05) is 86.9 Å². The molecule has 30 heavy (non-hydrogen) atoms. The van der Waals surface area contributed by atoms with E-state index in [0.29, 0.717) is 0 Å². The van der Waals surface area contributed by atoms with Crippen LogP contribution in [0.5, 0.6) is 0 Å². The van der Waals surface area contributed by atoms with E-state index in [1.54, 1.807) is 0 Å². The molecular formula is C26H24N2O2-2. The van der Waals surface area contributed by atoms with Crippen LogP contribution in [-0.4, -0.2) is 22.2 Å². The lowest BCUT2D eigenvalue weighted by molar-refractivity contribution is -0.536. The fraction of sp³-hybridized carbons (Fsp3) is 0.231. The number of H-pyrrole nitrogens is 2. The van der Waals surface area contributed by atoms with Crippen LogP contribution in [0, 0.1) is 13.8 Å². The van der Waals surface area contributed by atoms with Crippen LogP contribution >= 0.6 is 0 Å². The first kappa shape index (κ1) is 18.9. The fourth-order valence-electron chi connectivity index (χ4n) is 4.98. The van der Waals surface area contributed by atoms with E-state index in [9.17, 15) is 10.2 Å². The molecular weight excluding hydrogens is 372 g/mol.